The molecule has 0 N–H and O–H groups in total. The van der Waals surface area contributed by atoms with Crippen LogP contribution in [0.1, 0.15) is 62.9 Å². The minimum atomic E-state index is -0.0733. The van der Waals surface area contributed by atoms with E-state index in [2.05, 4.69) is 23.7 Å². The maximum atomic E-state index is 10.7. The Balaban J connectivity index is 1.85. The van der Waals surface area contributed by atoms with Crippen LogP contribution in [0.25, 0.3) is 0 Å². The van der Waals surface area contributed by atoms with Crippen LogP contribution in [0, 0.1) is 5.92 Å². The van der Waals surface area contributed by atoms with Gasteiger partial charge in [-0.25, -0.2) is 0 Å². The van der Waals surface area contributed by atoms with E-state index in [1.807, 2.05) is 6.07 Å². The first-order chi connectivity index (χ1) is 12.3. The lowest BCUT2D eigenvalue weighted by Crippen LogP contribution is -2.40. The fourth-order valence-electron chi connectivity index (χ4n) is 3.09. The third kappa shape index (κ3) is 6.40. The number of piperidine rings is 1. The van der Waals surface area contributed by atoms with Crippen LogP contribution in [-0.2, 0) is 9.47 Å². The molecule has 0 radical (unpaired) electrons. The van der Waals surface area contributed by atoms with Gasteiger partial charge in [0.05, 0.1) is 11.9 Å². The Labute approximate surface area is 151 Å². The zero-order valence-electron chi connectivity index (χ0n) is 15.7. The number of carbonyl (C=O) groups is 1. The Morgan fingerprint density at radius 1 is 1.16 bits per heavy atom. The molecule has 2 rings (SSSR count). The first-order valence-electron chi connectivity index (χ1n) is 9.67. The fraction of sp³-hybridized carbons (Fsp3) is 0.700. The first kappa shape index (κ1) is 19.9. The second kappa shape index (κ2) is 11.2. The summed E-state index contributed by atoms with van der Waals surface area (Å²) >= 11 is 0. The van der Waals surface area contributed by atoms with Crippen molar-refractivity contribution in [2.75, 3.05) is 31.2 Å². The SMILES string of the molecule is CCCCOC(OCCCC)C1CCN(c2ccc(C=O)nc2)CC1. The summed E-state index contributed by atoms with van der Waals surface area (Å²) in [7, 11) is 0. The molecule has 1 aromatic rings. The predicted octanol–water partition coefficient (Wildman–Crippen LogP) is 4.07. The van der Waals surface area contributed by atoms with Crippen molar-refractivity contribution in [3.8, 4) is 0 Å². The van der Waals surface area contributed by atoms with Crippen molar-refractivity contribution in [3.63, 3.8) is 0 Å². The summed E-state index contributed by atoms with van der Waals surface area (Å²) in [4.78, 5) is 17.2. The average Bonchev–Trinajstić information content (AvgIpc) is 2.67. The van der Waals surface area contributed by atoms with Gasteiger partial charge in [0.1, 0.15) is 5.69 Å². The Morgan fingerprint density at radius 3 is 2.28 bits per heavy atom. The minimum Gasteiger partial charge on any atom is -0.370 e. The molecule has 0 amide bonds. The van der Waals surface area contributed by atoms with Crippen LogP contribution in [0.3, 0.4) is 0 Å². The molecule has 1 aliphatic heterocycles. The molecule has 0 atom stereocenters. The van der Waals surface area contributed by atoms with Gasteiger partial charge in [0, 0.05) is 32.2 Å². The molecule has 5 heteroatoms. The summed E-state index contributed by atoms with van der Waals surface area (Å²) in [5.41, 5.74) is 1.56. The number of pyridine rings is 1. The Bertz CT molecular complexity index is 474. The normalized spacial score (nSPS) is 15.7. The molecule has 1 aliphatic rings. The summed E-state index contributed by atoms with van der Waals surface area (Å²) in [6, 6.07) is 3.75. The Morgan fingerprint density at radius 2 is 1.80 bits per heavy atom. The number of hydrogen-bond acceptors (Lipinski definition) is 5. The van der Waals surface area contributed by atoms with Crippen LogP contribution in [0.2, 0.25) is 0 Å². The van der Waals surface area contributed by atoms with Gasteiger partial charge in [0.25, 0.3) is 0 Å². The van der Waals surface area contributed by atoms with Gasteiger partial charge in [-0.1, -0.05) is 26.7 Å². The maximum absolute atomic E-state index is 10.7. The molecule has 1 aromatic heterocycles. The van der Waals surface area contributed by atoms with E-state index in [9.17, 15) is 4.79 Å². The maximum Gasteiger partial charge on any atom is 0.168 e. The molecule has 0 spiro atoms. The van der Waals surface area contributed by atoms with Gasteiger partial charge >= 0.3 is 0 Å². The molecular formula is C20H32N2O3. The van der Waals surface area contributed by atoms with Gasteiger partial charge in [-0.2, -0.15) is 0 Å². The van der Waals surface area contributed by atoms with Crippen molar-refractivity contribution in [3.05, 3.63) is 24.0 Å². The number of aromatic nitrogens is 1. The highest BCUT2D eigenvalue weighted by atomic mass is 16.7. The highest BCUT2D eigenvalue weighted by Gasteiger charge is 2.28. The molecule has 1 saturated heterocycles. The smallest absolute Gasteiger partial charge is 0.168 e. The number of hydrogen-bond donors (Lipinski definition) is 0. The molecule has 25 heavy (non-hydrogen) atoms. The van der Waals surface area contributed by atoms with Gasteiger partial charge in [-0.05, 0) is 37.8 Å². The van der Waals surface area contributed by atoms with Crippen molar-refractivity contribution >= 4 is 12.0 Å². The van der Waals surface area contributed by atoms with E-state index in [0.717, 1.165) is 76.8 Å². The molecule has 0 bridgehead atoms. The van der Waals surface area contributed by atoms with Crippen LogP contribution in [0.4, 0.5) is 5.69 Å². The van der Waals surface area contributed by atoms with Crippen LogP contribution in [0.15, 0.2) is 18.3 Å². The zero-order chi connectivity index (χ0) is 17.9. The number of unbranched alkanes of at least 4 members (excludes halogenated alkanes) is 2. The van der Waals surface area contributed by atoms with Crippen molar-refractivity contribution in [1.29, 1.82) is 0 Å². The van der Waals surface area contributed by atoms with E-state index in [4.69, 9.17) is 9.47 Å². The van der Waals surface area contributed by atoms with E-state index < -0.39 is 0 Å². The van der Waals surface area contributed by atoms with E-state index in [-0.39, 0.29) is 6.29 Å². The lowest BCUT2D eigenvalue weighted by atomic mass is 9.95. The topological polar surface area (TPSA) is 51.7 Å². The van der Waals surface area contributed by atoms with Crippen molar-refractivity contribution in [2.24, 2.45) is 5.92 Å². The minimum absolute atomic E-state index is 0.0733. The van der Waals surface area contributed by atoms with E-state index in [1.165, 1.54) is 0 Å². The number of aldehydes is 1. The highest BCUT2D eigenvalue weighted by Crippen LogP contribution is 2.27. The second-order valence-electron chi connectivity index (χ2n) is 6.70. The predicted molar refractivity (Wildman–Crippen MR) is 100 cm³/mol. The van der Waals surface area contributed by atoms with Gasteiger partial charge in [-0.3, -0.25) is 9.78 Å². The molecule has 140 valence electrons. The van der Waals surface area contributed by atoms with E-state index in [0.29, 0.717) is 11.6 Å². The molecule has 0 unspecified atom stereocenters. The van der Waals surface area contributed by atoms with Gasteiger partial charge < -0.3 is 14.4 Å². The lowest BCUT2D eigenvalue weighted by Gasteiger charge is -2.36. The second-order valence-corrected chi connectivity index (χ2v) is 6.70. The Hall–Kier alpha value is -1.46. The van der Waals surface area contributed by atoms with Gasteiger partial charge in [-0.15, -0.1) is 0 Å². The van der Waals surface area contributed by atoms with Crippen LogP contribution >= 0.6 is 0 Å². The number of nitrogens with zero attached hydrogens (tertiary/aromatic N) is 2. The average molecular weight is 348 g/mol. The molecule has 5 nitrogen and oxygen atoms in total. The van der Waals surface area contributed by atoms with Crippen molar-refractivity contribution in [2.45, 2.75) is 58.7 Å². The summed E-state index contributed by atoms with van der Waals surface area (Å²) in [6.07, 6.45) is 9.06. The van der Waals surface area contributed by atoms with Crippen molar-refractivity contribution < 1.29 is 14.3 Å². The summed E-state index contributed by atoms with van der Waals surface area (Å²) in [5.74, 6) is 0.451. The largest absolute Gasteiger partial charge is 0.370 e. The van der Waals surface area contributed by atoms with E-state index >= 15 is 0 Å². The summed E-state index contributed by atoms with van der Waals surface area (Å²) in [6.45, 7) is 7.86. The number of rotatable bonds is 11. The number of anilines is 1. The number of ether oxygens (including phenoxy) is 2. The molecule has 1 fully saturated rings. The first-order valence-corrected chi connectivity index (χ1v) is 9.67. The van der Waals surface area contributed by atoms with Crippen LogP contribution < -0.4 is 4.90 Å². The molecule has 0 aliphatic carbocycles. The van der Waals surface area contributed by atoms with Gasteiger partial charge in [0.2, 0.25) is 0 Å². The zero-order valence-corrected chi connectivity index (χ0v) is 15.7. The van der Waals surface area contributed by atoms with Crippen LogP contribution in [0.5, 0.6) is 0 Å². The molecule has 0 saturated carbocycles. The third-order valence-electron chi connectivity index (χ3n) is 4.74. The third-order valence-corrected chi connectivity index (χ3v) is 4.74. The monoisotopic (exact) mass is 348 g/mol. The molecule has 0 aromatic carbocycles. The number of carbonyl (C=O) groups excluding carboxylic acids is 1. The summed E-state index contributed by atoms with van der Waals surface area (Å²) in [5, 5.41) is 0. The quantitative estimate of drug-likeness (QED) is 0.343. The fourth-order valence-corrected chi connectivity index (χ4v) is 3.09. The highest BCUT2D eigenvalue weighted by molar-refractivity contribution is 5.72. The molecular weight excluding hydrogens is 316 g/mol. The van der Waals surface area contributed by atoms with E-state index in [1.54, 1.807) is 12.3 Å². The van der Waals surface area contributed by atoms with Crippen molar-refractivity contribution in [1.82, 2.24) is 4.98 Å². The molecule has 2 heterocycles. The lowest BCUT2D eigenvalue weighted by molar-refractivity contribution is -0.177. The Kier molecular flexibility index (Phi) is 8.91. The standard InChI is InChI=1S/C20H32N2O3/c1-3-5-13-24-20(25-14-6-4-2)17-9-11-22(12-10-17)19-8-7-18(16-23)21-15-19/h7-8,15-17,20H,3-6,9-14H2,1-2H3. The van der Waals surface area contributed by atoms with Crippen LogP contribution in [-0.4, -0.2) is 43.9 Å². The summed E-state index contributed by atoms with van der Waals surface area (Å²) < 4.78 is 12.1. The van der Waals surface area contributed by atoms with Gasteiger partial charge in [0.15, 0.2) is 12.6 Å².